The van der Waals surface area contributed by atoms with Crippen LogP contribution in [0.25, 0.3) is 0 Å². The first kappa shape index (κ1) is 12.6. The highest BCUT2D eigenvalue weighted by atomic mass is 79.9. The molecule has 0 amide bonds. The summed E-state index contributed by atoms with van der Waals surface area (Å²) in [5, 5.41) is 21.9. The van der Waals surface area contributed by atoms with E-state index in [-0.39, 0.29) is 12.1 Å². The Labute approximate surface area is 96.1 Å². The largest absolute Gasteiger partial charge is 0.389 e. The molecule has 0 fully saturated rings. The van der Waals surface area contributed by atoms with Gasteiger partial charge in [0.1, 0.15) is 11.9 Å². The Morgan fingerprint density at radius 2 is 2.13 bits per heavy atom. The Morgan fingerprint density at radius 3 is 2.73 bits per heavy atom. The van der Waals surface area contributed by atoms with Crippen LogP contribution in [0.5, 0.6) is 0 Å². The predicted molar refractivity (Wildman–Crippen MR) is 59.0 cm³/mol. The van der Waals surface area contributed by atoms with Gasteiger partial charge < -0.3 is 15.5 Å². The second-order valence-electron chi connectivity index (χ2n) is 3.24. The van der Waals surface area contributed by atoms with Crippen LogP contribution in [0.4, 0.5) is 4.39 Å². The summed E-state index contributed by atoms with van der Waals surface area (Å²) in [6.45, 7) is 0.202. The van der Waals surface area contributed by atoms with Gasteiger partial charge in [0.2, 0.25) is 0 Å². The Bertz CT molecular complexity index is 335. The van der Waals surface area contributed by atoms with E-state index in [1.54, 1.807) is 7.05 Å². The average molecular weight is 278 g/mol. The zero-order valence-corrected chi connectivity index (χ0v) is 9.83. The van der Waals surface area contributed by atoms with Crippen LogP contribution in [0.15, 0.2) is 22.7 Å². The van der Waals surface area contributed by atoms with Crippen molar-refractivity contribution in [2.75, 3.05) is 13.6 Å². The molecule has 5 heteroatoms. The van der Waals surface area contributed by atoms with Gasteiger partial charge in [0.25, 0.3) is 0 Å². The number of hydrogen-bond acceptors (Lipinski definition) is 3. The maximum atomic E-state index is 13.3. The Balaban J connectivity index is 2.89. The first-order chi connectivity index (χ1) is 7.06. The molecule has 0 radical (unpaired) electrons. The standard InChI is InChI=1S/C10H13BrFNO2/c1-13-5-9(14)10(15)7-4-6(11)2-3-8(7)12/h2-4,9-10,13-15H,5H2,1H3. The summed E-state index contributed by atoms with van der Waals surface area (Å²) in [5.41, 5.74) is 0.0899. The Hall–Kier alpha value is -0.490. The number of aliphatic hydroxyl groups is 2. The minimum Gasteiger partial charge on any atom is -0.389 e. The van der Waals surface area contributed by atoms with E-state index in [9.17, 15) is 14.6 Å². The lowest BCUT2D eigenvalue weighted by molar-refractivity contribution is 0.0181. The quantitative estimate of drug-likeness (QED) is 0.775. The molecule has 0 bridgehead atoms. The van der Waals surface area contributed by atoms with Crippen molar-refractivity contribution in [3.05, 3.63) is 34.1 Å². The van der Waals surface area contributed by atoms with Gasteiger partial charge in [-0.25, -0.2) is 4.39 Å². The van der Waals surface area contributed by atoms with Gasteiger partial charge in [-0.05, 0) is 25.2 Å². The fourth-order valence-corrected chi connectivity index (χ4v) is 1.65. The molecule has 3 nitrogen and oxygen atoms in total. The molecule has 1 aromatic rings. The van der Waals surface area contributed by atoms with Crippen molar-refractivity contribution in [1.29, 1.82) is 0 Å². The predicted octanol–water partition coefficient (Wildman–Crippen LogP) is 1.20. The lowest BCUT2D eigenvalue weighted by atomic mass is 10.0. The molecule has 0 saturated carbocycles. The molecule has 0 aliphatic carbocycles. The summed E-state index contributed by atoms with van der Waals surface area (Å²) in [5.74, 6) is -0.527. The molecule has 0 spiro atoms. The molecular formula is C10H13BrFNO2. The fraction of sp³-hybridized carbons (Fsp3) is 0.400. The monoisotopic (exact) mass is 277 g/mol. The van der Waals surface area contributed by atoms with Crippen LogP contribution in [0.3, 0.4) is 0 Å². The third kappa shape index (κ3) is 3.24. The number of aliphatic hydroxyl groups excluding tert-OH is 2. The zero-order valence-electron chi connectivity index (χ0n) is 8.24. The summed E-state index contributed by atoms with van der Waals surface area (Å²) < 4.78 is 14.0. The third-order valence-electron chi connectivity index (χ3n) is 2.05. The number of rotatable bonds is 4. The molecule has 2 unspecified atom stereocenters. The number of benzene rings is 1. The molecule has 1 aromatic carbocycles. The zero-order chi connectivity index (χ0) is 11.4. The van der Waals surface area contributed by atoms with Crippen LogP contribution in [-0.2, 0) is 0 Å². The van der Waals surface area contributed by atoms with Gasteiger partial charge >= 0.3 is 0 Å². The van der Waals surface area contributed by atoms with Crippen molar-refractivity contribution in [3.8, 4) is 0 Å². The maximum Gasteiger partial charge on any atom is 0.129 e. The van der Waals surface area contributed by atoms with Crippen molar-refractivity contribution in [3.63, 3.8) is 0 Å². The molecule has 0 aliphatic heterocycles. The lowest BCUT2D eigenvalue weighted by Gasteiger charge is -2.18. The van der Waals surface area contributed by atoms with Crippen LogP contribution < -0.4 is 5.32 Å². The Kier molecular flexibility index (Phi) is 4.66. The minimum absolute atomic E-state index is 0.0899. The van der Waals surface area contributed by atoms with E-state index in [1.165, 1.54) is 18.2 Å². The van der Waals surface area contributed by atoms with Gasteiger partial charge in [-0.2, -0.15) is 0 Å². The van der Waals surface area contributed by atoms with Gasteiger partial charge in [0.05, 0.1) is 6.10 Å². The molecule has 0 heterocycles. The van der Waals surface area contributed by atoms with Gasteiger partial charge in [-0.1, -0.05) is 15.9 Å². The lowest BCUT2D eigenvalue weighted by Crippen LogP contribution is -2.30. The van der Waals surface area contributed by atoms with Crippen molar-refractivity contribution < 1.29 is 14.6 Å². The van der Waals surface area contributed by atoms with E-state index < -0.39 is 18.0 Å². The highest BCUT2D eigenvalue weighted by Gasteiger charge is 2.20. The molecule has 2 atom stereocenters. The highest BCUT2D eigenvalue weighted by Crippen LogP contribution is 2.23. The second kappa shape index (κ2) is 5.55. The summed E-state index contributed by atoms with van der Waals surface area (Å²) >= 11 is 3.18. The molecular weight excluding hydrogens is 265 g/mol. The summed E-state index contributed by atoms with van der Waals surface area (Å²) in [6, 6.07) is 4.24. The third-order valence-corrected chi connectivity index (χ3v) is 2.55. The van der Waals surface area contributed by atoms with Crippen molar-refractivity contribution in [1.82, 2.24) is 5.32 Å². The molecule has 84 valence electrons. The molecule has 0 aromatic heterocycles. The molecule has 3 N–H and O–H groups in total. The van der Waals surface area contributed by atoms with E-state index in [0.717, 1.165) is 0 Å². The topological polar surface area (TPSA) is 52.5 Å². The van der Waals surface area contributed by atoms with Crippen LogP contribution in [0.2, 0.25) is 0 Å². The van der Waals surface area contributed by atoms with E-state index in [0.29, 0.717) is 4.47 Å². The summed E-state index contributed by atoms with van der Waals surface area (Å²) in [7, 11) is 1.65. The summed E-state index contributed by atoms with van der Waals surface area (Å²) in [6.07, 6.45) is -2.26. The smallest absolute Gasteiger partial charge is 0.129 e. The minimum atomic E-state index is -1.23. The van der Waals surface area contributed by atoms with Crippen LogP contribution in [-0.4, -0.2) is 29.9 Å². The number of hydrogen-bond donors (Lipinski definition) is 3. The maximum absolute atomic E-state index is 13.3. The van der Waals surface area contributed by atoms with Crippen LogP contribution >= 0.6 is 15.9 Å². The number of nitrogens with one attached hydrogen (secondary N) is 1. The van der Waals surface area contributed by atoms with E-state index in [4.69, 9.17) is 0 Å². The molecule has 1 rings (SSSR count). The van der Waals surface area contributed by atoms with E-state index in [2.05, 4.69) is 21.2 Å². The van der Waals surface area contributed by atoms with Gasteiger partial charge in [-0.15, -0.1) is 0 Å². The summed E-state index contributed by atoms with van der Waals surface area (Å²) in [4.78, 5) is 0. The van der Waals surface area contributed by atoms with Crippen molar-refractivity contribution in [2.24, 2.45) is 0 Å². The van der Waals surface area contributed by atoms with Gasteiger partial charge in [0.15, 0.2) is 0 Å². The number of likely N-dealkylation sites (N-methyl/N-ethyl adjacent to an activating group) is 1. The Morgan fingerprint density at radius 1 is 1.47 bits per heavy atom. The van der Waals surface area contributed by atoms with Gasteiger partial charge in [0, 0.05) is 16.6 Å². The normalized spacial score (nSPS) is 15.0. The van der Waals surface area contributed by atoms with Gasteiger partial charge in [-0.3, -0.25) is 0 Å². The molecule has 0 saturated heterocycles. The van der Waals surface area contributed by atoms with E-state index in [1.807, 2.05) is 0 Å². The molecule has 15 heavy (non-hydrogen) atoms. The van der Waals surface area contributed by atoms with Crippen molar-refractivity contribution >= 4 is 15.9 Å². The number of halogens is 2. The molecule has 0 aliphatic rings. The average Bonchev–Trinajstić information content (AvgIpc) is 2.21. The van der Waals surface area contributed by atoms with Crippen LogP contribution in [0, 0.1) is 5.82 Å². The first-order valence-electron chi connectivity index (χ1n) is 4.52. The van der Waals surface area contributed by atoms with Crippen molar-refractivity contribution in [2.45, 2.75) is 12.2 Å². The van der Waals surface area contributed by atoms with Crippen LogP contribution in [0.1, 0.15) is 11.7 Å². The highest BCUT2D eigenvalue weighted by molar-refractivity contribution is 9.10. The fourth-order valence-electron chi connectivity index (χ4n) is 1.27. The SMILES string of the molecule is CNCC(O)C(O)c1cc(Br)ccc1F. The first-order valence-corrected chi connectivity index (χ1v) is 5.31. The van der Waals surface area contributed by atoms with E-state index >= 15 is 0 Å². The second-order valence-corrected chi connectivity index (χ2v) is 4.15.